The van der Waals surface area contributed by atoms with Crippen molar-refractivity contribution in [3.63, 3.8) is 0 Å². The van der Waals surface area contributed by atoms with Crippen molar-refractivity contribution in [3.05, 3.63) is 47.9 Å². The van der Waals surface area contributed by atoms with E-state index in [0.29, 0.717) is 31.0 Å². The van der Waals surface area contributed by atoms with Gasteiger partial charge < -0.3 is 9.32 Å². The standard InChI is InChI=1S/C18H22N2O4S2/c1-14-12-16(6-7-17(14)20-9-2-5-18(20)21)26(22,23)19-8-11-25-13-15-4-3-10-24-15/h3-4,6-7,10,12,19H,2,5,8-9,11,13H2,1H3. The molecule has 3 rings (SSSR count). The van der Waals surface area contributed by atoms with Gasteiger partial charge in [-0.25, -0.2) is 13.1 Å². The molecule has 1 aliphatic rings. The Morgan fingerprint density at radius 3 is 2.81 bits per heavy atom. The fourth-order valence-corrected chi connectivity index (χ4v) is 4.90. The molecular formula is C18H22N2O4S2. The molecule has 2 heterocycles. The van der Waals surface area contributed by atoms with Crippen molar-refractivity contribution in [2.45, 2.75) is 30.4 Å². The molecule has 1 saturated heterocycles. The van der Waals surface area contributed by atoms with E-state index in [2.05, 4.69) is 4.72 Å². The second-order valence-electron chi connectivity index (χ2n) is 6.13. The summed E-state index contributed by atoms with van der Waals surface area (Å²) in [7, 11) is -3.56. The zero-order valence-corrected chi connectivity index (χ0v) is 16.2. The van der Waals surface area contributed by atoms with Crippen LogP contribution >= 0.6 is 11.8 Å². The summed E-state index contributed by atoms with van der Waals surface area (Å²) in [6.45, 7) is 2.87. The van der Waals surface area contributed by atoms with E-state index < -0.39 is 10.0 Å². The predicted octanol–water partition coefficient (Wildman–Crippen LogP) is 2.93. The first-order valence-corrected chi connectivity index (χ1v) is 11.1. The molecule has 0 atom stereocenters. The average Bonchev–Trinajstić information content (AvgIpc) is 3.26. The molecule has 8 heteroatoms. The maximum atomic E-state index is 12.5. The second-order valence-corrected chi connectivity index (χ2v) is 9.00. The molecule has 0 saturated carbocycles. The van der Waals surface area contributed by atoms with Crippen molar-refractivity contribution >= 4 is 33.4 Å². The maximum Gasteiger partial charge on any atom is 0.240 e. The van der Waals surface area contributed by atoms with E-state index in [-0.39, 0.29) is 10.8 Å². The third-order valence-electron chi connectivity index (χ3n) is 4.21. The molecule has 1 aromatic heterocycles. The van der Waals surface area contributed by atoms with Gasteiger partial charge in [0.2, 0.25) is 15.9 Å². The maximum absolute atomic E-state index is 12.5. The quantitative estimate of drug-likeness (QED) is 0.697. The summed E-state index contributed by atoms with van der Waals surface area (Å²) in [6.07, 6.45) is 3.02. The number of nitrogens with one attached hydrogen (secondary N) is 1. The van der Waals surface area contributed by atoms with Gasteiger partial charge in [-0.15, -0.1) is 0 Å². The lowest BCUT2D eigenvalue weighted by molar-refractivity contribution is -0.117. The molecule has 0 spiro atoms. The summed E-state index contributed by atoms with van der Waals surface area (Å²) in [5, 5.41) is 0. The van der Waals surface area contributed by atoms with Gasteiger partial charge in [0, 0.05) is 31.0 Å². The number of sulfonamides is 1. The third-order valence-corrected chi connectivity index (χ3v) is 6.65. The van der Waals surface area contributed by atoms with E-state index in [1.165, 1.54) is 0 Å². The molecule has 26 heavy (non-hydrogen) atoms. The monoisotopic (exact) mass is 394 g/mol. The van der Waals surface area contributed by atoms with Gasteiger partial charge in [0.1, 0.15) is 5.76 Å². The highest BCUT2D eigenvalue weighted by atomic mass is 32.2. The van der Waals surface area contributed by atoms with Crippen molar-refractivity contribution in [1.82, 2.24) is 4.72 Å². The minimum Gasteiger partial charge on any atom is -0.468 e. The van der Waals surface area contributed by atoms with Crippen LogP contribution in [0.5, 0.6) is 0 Å². The smallest absolute Gasteiger partial charge is 0.240 e. The van der Waals surface area contributed by atoms with E-state index in [9.17, 15) is 13.2 Å². The first-order valence-electron chi connectivity index (χ1n) is 8.48. The fraction of sp³-hybridized carbons (Fsp3) is 0.389. The highest BCUT2D eigenvalue weighted by molar-refractivity contribution is 7.98. The molecule has 1 fully saturated rings. The van der Waals surface area contributed by atoms with E-state index in [4.69, 9.17) is 4.42 Å². The van der Waals surface area contributed by atoms with E-state index in [1.54, 1.807) is 41.1 Å². The van der Waals surface area contributed by atoms with Crippen molar-refractivity contribution in [1.29, 1.82) is 0 Å². The zero-order chi connectivity index (χ0) is 18.6. The highest BCUT2D eigenvalue weighted by Crippen LogP contribution is 2.27. The Bertz CT molecular complexity index is 863. The highest BCUT2D eigenvalue weighted by Gasteiger charge is 2.24. The van der Waals surface area contributed by atoms with Crippen molar-refractivity contribution in [2.24, 2.45) is 0 Å². The lowest BCUT2D eigenvalue weighted by Gasteiger charge is -2.19. The predicted molar refractivity (Wildman–Crippen MR) is 103 cm³/mol. The van der Waals surface area contributed by atoms with Crippen LogP contribution in [0.2, 0.25) is 0 Å². The SMILES string of the molecule is Cc1cc(S(=O)(=O)NCCSCc2ccco2)ccc1N1CCCC1=O. The van der Waals surface area contributed by atoms with Gasteiger partial charge in [-0.3, -0.25) is 4.79 Å². The first-order chi connectivity index (χ1) is 12.5. The molecule has 1 amide bonds. The lowest BCUT2D eigenvalue weighted by Crippen LogP contribution is -2.27. The third kappa shape index (κ3) is 4.49. The molecule has 1 aliphatic heterocycles. The second kappa shape index (κ2) is 8.28. The van der Waals surface area contributed by atoms with Crippen LogP contribution in [-0.2, 0) is 20.6 Å². The fourth-order valence-electron chi connectivity index (χ4n) is 2.90. The minimum absolute atomic E-state index is 0.0930. The summed E-state index contributed by atoms with van der Waals surface area (Å²) in [5.74, 6) is 2.34. The van der Waals surface area contributed by atoms with Crippen molar-refractivity contribution < 1.29 is 17.6 Å². The normalized spacial score (nSPS) is 15.0. The van der Waals surface area contributed by atoms with Crippen molar-refractivity contribution in [3.8, 4) is 0 Å². The van der Waals surface area contributed by atoms with Crippen LogP contribution in [0, 0.1) is 6.92 Å². The van der Waals surface area contributed by atoms with Crippen LogP contribution in [-0.4, -0.2) is 33.2 Å². The number of furan rings is 1. The molecule has 140 valence electrons. The number of hydrogen-bond acceptors (Lipinski definition) is 5. The molecular weight excluding hydrogens is 372 g/mol. The van der Waals surface area contributed by atoms with Crippen LogP contribution in [0.25, 0.3) is 0 Å². The number of aryl methyl sites for hydroxylation is 1. The van der Waals surface area contributed by atoms with E-state index in [0.717, 1.165) is 23.4 Å². The van der Waals surface area contributed by atoms with Crippen LogP contribution < -0.4 is 9.62 Å². The van der Waals surface area contributed by atoms with Gasteiger partial charge in [-0.1, -0.05) is 0 Å². The van der Waals surface area contributed by atoms with Gasteiger partial charge in [-0.05, 0) is 49.2 Å². The number of carbonyl (C=O) groups is 1. The van der Waals surface area contributed by atoms with Gasteiger partial charge in [0.15, 0.2) is 0 Å². The summed E-state index contributed by atoms with van der Waals surface area (Å²) in [6, 6.07) is 8.64. The van der Waals surface area contributed by atoms with Gasteiger partial charge in [0.25, 0.3) is 0 Å². The summed E-state index contributed by atoms with van der Waals surface area (Å²) in [4.78, 5) is 13.8. The number of carbonyl (C=O) groups excluding carboxylic acids is 1. The van der Waals surface area contributed by atoms with Crippen LogP contribution in [0.4, 0.5) is 5.69 Å². The Hall–Kier alpha value is -1.77. The molecule has 1 aromatic carbocycles. The summed E-state index contributed by atoms with van der Waals surface area (Å²) in [5.41, 5.74) is 1.58. The number of hydrogen-bond donors (Lipinski definition) is 1. The number of amides is 1. The Labute approximate surface area is 158 Å². The topological polar surface area (TPSA) is 79.6 Å². The molecule has 0 aliphatic carbocycles. The average molecular weight is 395 g/mol. The first kappa shape index (κ1) is 19.0. The van der Waals surface area contributed by atoms with Crippen LogP contribution in [0.3, 0.4) is 0 Å². The van der Waals surface area contributed by atoms with Crippen LogP contribution in [0.1, 0.15) is 24.2 Å². The van der Waals surface area contributed by atoms with Gasteiger partial charge >= 0.3 is 0 Å². The molecule has 0 radical (unpaired) electrons. The van der Waals surface area contributed by atoms with E-state index >= 15 is 0 Å². The zero-order valence-electron chi connectivity index (χ0n) is 14.6. The number of benzene rings is 1. The largest absolute Gasteiger partial charge is 0.468 e. The summed E-state index contributed by atoms with van der Waals surface area (Å²) < 4.78 is 32.8. The lowest BCUT2D eigenvalue weighted by atomic mass is 10.2. The number of thioether (sulfide) groups is 1. The molecule has 0 unspecified atom stereocenters. The Balaban J connectivity index is 1.56. The van der Waals surface area contributed by atoms with Crippen molar-refractivity contribution in [2.75, 3.05) is 23.7 Å². The van der Waals surface area contributed by atoms with Gasteiger partial charge in [0.05, 0.1) is 16.9 Å². The number of rotatable bonds is 8. The molecule has 2 aromatic rings. The number of anilines is 1. The molecule has 1 N–H and O–H groups in total. The Morgan fingerprint density at radius 2 is 2.15 bits per heavy atom. The summed E-state index contributed by atoms with van der Waals surface area (Å²) >= 11 is 1.60. The number of nitrogens with zero attached hydrogens (tertiary/aromatic N) is 1. The Morgan fingerprint density at radius 1 is 1.31 bits per heavy atom. The Kier molecular flexibility index (Phi) is 6.05. The molecule has 0 bridgehead atoms. The molecule has 6 nitrogen and oxygen atoms in total. The van der Waals surface area contributed by atoms with Crippen LogP contribution in [0.15, 0.2) is 45.9 Å². The van der Waals surface area contributed by atoms with E-state index in [1.807, 2.05) is 19.1 Å². The van der Waals surface area contributed by atoms with Gasteiger partial charge in [-0.2, -0.15) is 11.8 Å². The minimum atomic E-state index is -3.56.